The Balaban J connectivity index is 1.44. The maximum Gasteiger partial charge on any atom is 0.237 e. The third-order valence-electron chi connectivity index (χ3n) is 4.44. The number of hydrogen-bond donors (Lipinski definition) is 1. The SMILES string of the molecule is CC(SCc1ccccc1)C(=O)Nc1cccc(-c2nc3cc(Cl)ccc3o2)c1. The van der Waals surface area contributed by atoms with Crippen LogP contribution in [0.15, 0.2) is 77.2 Å². The van der Waals surface area contributed by atoms with Crippen molar-refractivity contribution in [1.82, 2.24) is 4.98 Å². The molecule has 0 aliphatic carbocycles. The molecule has 3 aromatic carbocycles. The molecule has 0 aliphatic rings. The number of thioether (sulfide) groups is 1. The summed E-state index contributed by atoms with van der Waals surface area (Å²) < 4.78 is 5.82. The highest BCUT2D eigenvalue weighted by molar-refractivity contribution is 7.99. The van der Waals surface area contributed by atoms with Gasteiger partial charge in [0.15, 0.2) is 5.58 Å². The zero-order valence-corrected chi connectivity index (χ0v) is 17.3. The fourth-order valence-corrected chi connectivity index (χ4v) is 3.88. The summed E-state index contributed by atoms with van der Waals surface area (Å²) in [5, 5.41) is 3.42. The van der Waals surface area contributed by atoms with E-state index >= 15 is 0 Å². The molecule has 0 radical (unpaired) electrons. The minimum Gasteiger partial charge on any atom is -0.436 e. The van der Waals surface area contributed by atoms with Crippen molar-refractivity contribution in [2.75, 3.05) is 5.32 Å². The van der Waals surface area contributed by atoms with E-state index in [-0.39, 0.29) is 11.2 Å². The minimum atomic E-state index is -0.176. The highest BCUT2D eigenvalue weighted by atomic mass is 35.5. The predicted octanol–water partition coefficient (Wildman–Crippen LogP) is 6.41. The molecule has 1 amide bonds. The van der Waals surface area contributed by atoms with Gasteiger partial charge >= 0.3 is 0 Å². The second-order valence-corrected chi connectivity index (χ2v) is 8.41. The Morgan fingerprint density at radius 3 is 2.76 bits per heavy atom. The normalized spacial score (nSPS) is 12.1. The number of amides is 1. The number of aromatic nitrogens is 1. The number of benzene rings is 3. The van der Waals surface area contributed by atoms with Gasteiger partial charge in [0, 0.05) is 22.0 Å². The lowest BCUT2D eigenvalue weighted by Crippen LogP contribution is -2.22. The first-order valence-corrected chi connectivity index (χ1v) is 10.6. The van der Waals surface area contributed by atoms with E-state index in [4.69, 9.17) is 16.0 Å². The monoisotopic (exact) mass is 422 g/mol. The fraction of sp³-hybridized carbons (Fsp3) is 0.130. The molecule has 0 spiro atoms. The molecule has 146 valence electrons. The highest BCUT2D eigenvalue weighted by Gasteiger charge is 2.15. The number of fused-ring (bicyclic) bond motifs is 1. The van der Waals surface area contributed by atoms with Crippen molar-refractivity contribution in [3.63, 3.8) is 0 Å². The molecule has 0 saturated heterocycles. The van der Waals surface area contributed by atoms with Crippen molar-refractivity contribution in [3.8, 4) is 11.5 Å². The molecular formula is C23H19ClN2O2S. The van der Waals surface area contributed by atoms with Gasteiger partial charge in [-0.15, -0.1) is 11.8 Å². The number of halogens is 1. The minimum absolute atomic E-state index is 0.0348. The van der Waals surface area contributed by atoms with Crippen LogP contribution in [0.25, 0.3) is 22.6 Å². The van der Waals surface area contributed by atoms with Crippen molar-refractivity contribution in [1.29, 1.82) is 0 Å². The van der Waals surface area contributed by atoms with Crippen molar-refractivity contribution < 1.29 is 9.21 Å². The van der Waals surface area contributed by atoms with Crippen LogP contribution in [0.3, 0.4) is 0 Å². The average Bonchev–Trinajstić information content (AvgIpc) is 3.16. The smallest absolute Gasteiger partial charge is 0.237 e. The molecule has 1 aromatic heterocycles. The molecule has 6 heteroatoms. The molecule has 1 atom stereocenters. The van der Waals surface area contributed by atoms with Gasteiger partial charge in [-0.05, 0) is 48.9 Å². The number of carbonyl (C=O) groups excluding carboxylic acids is 1. The third-order valence-corrected chi connectivity index (χ3v) is 5.89. The van der Waals surface area contributed by atoms with Gasteiger partial charge in [-0.25, -0.2) is 4.98 Å². The van der Waals surface area contributed by atoms with E-state index < -0.39 is 0 Å². The van der Waals surface area contributed by atoms with Crippen molar-refractivity contribution in [2.24, 2.45) is 0 Å². The summed E-state index contributed by atoms with van der Waals surface area (Å²) in [4.78, 5) is 17.1. The summed E-state index contributed by atoms with van der Waals surface area (Å²) in [6, 6.07) is 22.9. The second kappa shape index (κ2) is 8.72. The second-order valence-electron chi connectivity index (χ2n) is 6.64. The van der Waals surface area contributed by atoms with Crippen LogP contribution in [0.2, 0.25) is 5.02 Å². The number of anilines is 1. The molecule has 29 heavy (non-hydrogen) atoms. The standard InChI is InChI=1S/C23H19ClN2O2S/c1-15(29-14-16-6-3-2-4-7-16)22(27)25-19-9-5-8-17(12-19)23-26-20-13-18(24)10-11-21(20)28-23/h2-13,15H,14H2,1H3,(H,25,27). The van der Waals surface area contributed by atoms with E-state index in [2.05, 4.69) is 22.4 Å². The Bertz CT molecular complexity index is 1140. The van der Waals surface area contributed by atoms with Gasteiger partial charge < -0.3 is 9.73 Å². The molecule has 0 fully saturated rings. The topological polar surface area (TPSA) is 55.1 Å². The van der Waals surface area contributed by atoms with Gasteiger partial charge in [-0.1, -0.05) is 48.0 Å². The number of nitrogens with zero attached hydrogens (tertiary/aromatic N) is 1. The molecule has 1 N–H and O–H groups in total. The molecule has 1 heterocycles. The van der Waals surface area contributed by atoms with Crippen LogP contribution in [-0.2, 0) is 10.5 Å². The summed E-state index contributed by atoms with van der Waals surface area (Å²) >= 11 is 7.63. The van der Waals surface area contributed by atoms with Crippen LogP contribution in [0.5, 0.6) is 0 Å². The molecular weight excluding hydrogens is 404 g/mol. The van der Waals surface area contributed by atoms with E-state index in [0.717, 1.165) is 11.3 Å². The Labute approximate surface area is 178 Å². The lowest BCUT2D eigenvalue weighted by molar-refractivity contribution is -0.115. The van der Waals surface area contributed by atoms with Crippen LogP contribution in [-0.4, -0.2) is 16.1 Å². The van der Waals surface area contributed by atoms with Crippen LogP contribution >= 0.6 is 23.4 Å². The predicted molar refractivity (Wildman–Crippen MR) is 120 cm³/mol. The number of carbonyl (C=O) groups is 1. The maximum atomic E-state index is 12.6. The number of hydrogen-bond acceptors (Lipinski definition) is 4. The van der Waals surface area contributed by atoms with E-state index in [1.165, 1.54) is 5.56 Å². The van der Waals surface area contributed by atoms with Crippen LogP contribution in [0, 0.1) is 0 Å². The molecule has 0 bridgehead atoms. The Hall–Kier alpha value is -2.76. The maximum absolute atomic E-state index is 12.6. The zero-order valence-electron chi connectivity index (χ0n) is 15.8. The van der Waals surface area contributed by atoms with Crippen molar-refractivity contribution in [3.05, 3.63) is 83.4 Å². The third kappa shape index (κ3) is 4.81. The first kappa shape index (κ1) is 19.6. The van der Waals surface area contributed by atoms with E-state index in [1.54, 1.807) is 30.0 Å². The van der Waals surface area contributed by atoms with Crippen LogP contribution < -0.4 is 5.32 Å². The van der Waals surface area contributed by atoms with Gasteiger partial charge in [0.05, 0.1) is 5.25 Å². The van der Waals surface area contributed by atoms with Crippen molar-refractivity contribution in [2.45, 2.75) is 17.9 Å². The van der Waals surface area contributed by atoms with Crippen molar-refractivity contribution >= 4 is 46.1 Å². The molecule has 4 aromatic rings. The average molecular weight is 423 g/mol. The quantitative estimate of drug-likeness (QED) is 0.390. The summed E-state index contributed by atoms with van der Waals surface area (Å²) in [5.74, 6) is 1.25. The highest BCUT2D eigenvalue weighted by Crippen LogP contribution is 2.28. The van der Waals surface area contributed by atoms with Gasteiger partial charge in [0.25, 0.3) is 0 Å². The van der Waals surface area contributed by atoms with E-state index in [1.807, 2.05) is 49.4 Å². The number of rotatable bonds is 6. The lowest BCUT2D eigenvalue weighted by atomic mass is 10.2. The zero-order chi connectivity index (χ0) is 20.2. The Kier molecular flexibility index (Phi) is 5.88. The van der Waals surface area contributed by atoms with E-state index in [0.29, 0.717) is 27.7 Å². The van der Waals surface area contributed by atoms with Gasteiger partial charge in [0.2, 0.25) is 11.8 Å². The van der Waals surface area contributed by atoms with E-state index in [9.17, 15) is 4.79 Å². The Morgan fingerprint density at radius 2 is 1.93 bits per heavy atom. The van der Waals surface area contributed by atoms with Gasteiger partial charge in [-0.2, -0.15) is 0 Å². The fourth-order valence-electron chi connectivity index (χ4n) is 2.87. The lowest BCUT2D eigenvalue weighted by Gasteiger charge is -2.12. The van der Waals surface area contributed by atoms with Crippen LogP contribution in [0.1, 0.15) is 12.5 Å². The summed E-state index contributed by atoms with van der Waals surface area (Å²) in [5.41, 5.74) is 4.08. The first-order valence-electron chi connectivity index (χ1n) is 9.21. The van der Waals surface area contributed by atoms with Gasteiger partial charge in [-0.3, -0.25) is 4.79 Å². The number of oxazole rings is 1. The first-order chi connectivity index (χ1) is 14.1. The molecule has 1 unspecified atom stereocenters. The summed E-state index contributed by atoms with van der Waals surface area (Å²) in [7, 11) is 0. The Morgan fingerprint density at radius 1 is 1.10 bits per heavy atom. The number of nitrogens with one attached hydrogen (secondary N) is 1. The largest absolute Gasteiger partial charge is 0.436 e. The summed E-state index contributed by atoms with van der Waals surface area (Å²) in [6.45, 7) is 1.91. The molecule has 4 nitrogen and oxygen atoms in total. The molecule has 0 saturated carbocycles. The molecule has 0 aliphatic heterocycles. The van der Waals surface area contributed by atoms with Crippen LogP contribution in [0.4, 0.5) is 5.69 Å². The van der Waals surface area contributed by atoms with Gasteiger partial charge in [0.1, 0.15) is 5.52 Å². The summed E-state index contributed by atoms with van der Waals surface area (Å²) in [6.07, 6.45) is 0. The molecule has 4 rings (SSSR count).